The highest BCUT2D eigenvalue weighted by atomic mass is 16.5. The number of ether oxygens (including phenoxy) is 1. The Hall–Kier alpha value is -1.59. The number of hydrogen-bond donors (Lipinski definition) is 3. The summed E-state index contributed by atoms with van der Waals surface area (Å²) in [5.41, 5.74) is 7.01. The van der Waals surface area contributed by atoms with Crippen molar-refractivity contribution in [1.29, 1.82) is 0 Å². The largest absolute Gasteiger partial charge is 0.491 e. The Kier molecular flexibility index (Phi) is 3.61. The standard InChI is InChI=1S/C12H16N2O3/c13-7-9(15)6-11(16)14-10-3-1-2-8-4-5-17-12(8)10/h1-3,9,15H,4-7,13H2,(H,14,16). The van der Waals surface area contributed by atoms with Crippen molar-refractivity contribution in [3.63, 3.8) is 0 Å². The molecule has 0 bridgehead atoms. The number of aliphatic hydroxyl groups excluding tert-OH is 1. The topological polar surface area (TPSA) is 84.6 Å². The highest BCUT2D eigenvalue weighted by Crippen LogP contribution is 2.33. The molecule has 92 valence electrons. The van der Waals surface area contributed by atoms with Crippen molar-refractivity contribution in [2.75, 3.05) is 18.5 Å². The van der Waals surface area contributed by atoms with Crippen molar-refractivity contribution in [2.45, 2.75) is 18.9 Å². The van der Waals surface area contributed by atoms with E-state index in [1.165, 1.54) is 0 Å². The second-order valence-corrected chi connectivity index (χ2v) is 4.03. The minimum absolute atomic E-state index is 0.000166. The molecule has 17 heavy (non-hydrogen) atoms. The van der Waals surface area contributed by atoms with Gasteiger partial charge in [0.2, 0.25) is 5.91 Å². The predicted octanol–water partition coefficient (Wildman–Crippen LogP) is 0.270. The van der Waals surface area contributed by atoms with Gasteiger partial charge in [0.1, 0.15) is 5.75 Å². The third-order valence-corrected chi connectivity index (χ3v) is 2.68. The number of para-hydroxylation sites is 1. The maximum Gasteiger partial charge on any atom is 0.227 e. The van der Waals surface area contributed by atoms with Gasteiger partial charge in [0.05, 0.1) is 24.8 Å². The van der Waals surface area contributed by atoms with E-state index in [-0.39, 0.29) is 18.9 Å². The lowest BCUT2D eigenvalue weighted by Crippen LogP contribution is -2.26. The summed E-state index contributed by atoms with van der Waals surface area (Å²) < 4.78 is 5.46. The van der Waals surface area contributed by atoms with Gasteiger partial charge in [-0.15, -0.1) is 0 Å². The van der Waals surface area contributed by atoms with Crippen LogP contribution in [0.3, 0.4) is 0 Å². The molecule has 0 spiro atoms. The summed E-state index contributed by atoms with van der Waals surface area (Å²) in [6, 6.07) is 5.64. The summed E-state index contributed by atoms with van der Waals surface area (Å²) >= 11 is 0. The molecule has 1 aromatic rings. The van der Waals surface area contributed by atoms with Gasteiger partial charge in [0, 0.05) is 13.0 Å². The zero-order valence-corrected chi connectivity index (χ0v) is 9.48. The maximum absolute atomic E-state index is 11.6. The van der Waals surface area contributed by atoms with Crippen molar-refractivity contribution in [1.82, 2.24) is 0 Å². The molecule has 5 heteroatoms. The lowest BCUT2D eigenvalue weighted by molar-refractivity contribution is -0.117. The van der Waals surface area contributed by atoms with Crippen LogP contribution in [0.2, 0.25) is 0 Å². The Labute approximate surface area is 99.6 Å². The lowest BCUT2D eigenvalue weighted by atomic mass is 10.1. The van der Waals surface area contributed by atoms with E-state index in [1.807, 2.05) is 12.1 Å². The quantitative estimate of drug-likeness (QED) is 0.700. The molecule has 1 unspecified atom stereocenters. The molecule has 1 atom stereocenters. The monoisotopic (exact) mass is 236 g/mol. The molecule has 1 heterocycles. The van der Waals surface area contributed by atoms with E-state index in [4.69, 9.17) is 10.5 Å². The van der Waals surface area contributed by atoms with Gasteiger partial charge >= 0.3 is 0 Å². The Balaban J connectivity index is 2.04. The SMILES string of the molecule is NCC(O)CC(=O)Nc1cccc2c1OCC2. The summed E-state index contributed by atoms with van der Waals surface area (Å²) in [6.45, 7) is 0.727. The van der Waals surface area contributed by atoms with Crippen LogP contribution in [0, 0.1) is 0 Å². The highest BCUT2D eigenvalue weighted by Gasteiger charge is 2.18. The zero-order valence-electron chi connectivity index (χ0n) is 9.48. The van der Waals surface area contributed by atoms with Crippen molar-refractivity contribution in [3.05, 3.63) is 23.8 Å². The molecular weight excluding hydrogens is 220 g/mol. The van der Waals surface area contributed by atoms with Crippen LogP contribution in [-0.2, 0) is 11.2 Å². The molecule has 0 aliphatic carbocycles. The predicted molar refractivity (Wildman–Crippen MR) is 63.9 cm³/mol. The third kappa shape index (κ3) is 2.75. The molecule has 2 rings (SSSR count). The van der Waals surface area contributed by atoms with Crippen LogP contribution in [0.5, 0.6) is 5.75 Å². The molecule has 0 radical (unpaired) electrons. The first-order valence-corrected chi connectivity index (χ1v) is 5.63. The van der Waals surface area contributed by atoms with E-state index >= 15 is 0 Å². The minimum atomic E-state index is -0.798. The number of carbonyl (C=O) groups is 1. The zero-order chi connectivity index (χ0) is 12.3. The fraction of sp³-hybridized carbons (Fsp3) is 0.417. The average molecular weight is 236 g/mol. The number of fused-ring (bicyclic) bond motifs is 1. The molecule has 1 aromatic carbocycles. The molecule has 0 saturated heterocycles. The molecule has 0 fully saturated rings. The molecule has 0 saturated carbocycles. The minimum Gasteiger partial charge on any atom is -0.491 e. The molecule has 0 aromatic heterocycles. The first-order valence-electron chi connectivity index (χ1n) is 5.63. The number of amides is 1. The summed E-state index contributed by atoms with van der Waals surface area (Å²) in [4.78, 5) is 11.6. The summed E-state index contributed by atoms with van der Waals surface area (Å²) in [7, 11) is 0. The Morgan fingerprint density at radius 3 is 3.18 bits per heavy atom. The molecule has 1 amide bonds. The number of carbonyl (C=O) groups excluding carboxylic acids is 1. The molecule has 4 N–H and O–H groups in total. The maximum atomic E-state index is 11.6. The normalized spacial score (nSPS) is 14.9. The van der Waals surface area contributed by atoms with Gasteiger partial charge in [0.25, 0.3) is 0 Å². The van der Waals surface area contributed by atoms with Crippen molar-refractivity contribution in [2.24, 2.45) is 5.73 Å². The Morgan fingerprint density at radius 2 is 2.41 bits per heavy atom. The van der Waals surface area contributed by atoms with Crippen LogP contribution in [0.4, 0.5) is 5.69 Å². The summed E-state index contributed by atoms with van der Waals surface area (Å²) in [5, 5.41) is 12.0. The van der Waals surface area contributed by atoms with E-state index < -0.39 is 6.10 Å². The number of benzene rings is 1. The van der Waals surface area contributed by atoms with E-state index in [9.17, 15) is 9.90 Å². The third-order valence-electron chi connectivity index (χ3n) is 2.68. The molecule has 1 aliphatic rings. The van der Waals surface area contributed by atoms with Gasteiger partial charge in [-0.05, 0) is 11.6 Å². The second-order valence-electron chi connectivity index (χ2n) is 4.03. The number of rotatable bonds is 4. The number of nitrogens with one attached hydrogen (secondary N) is 1. The van der Waals surface area contributed by atoms with Crippen LogP contribution < -0.4 is 15.8 Å². The average Bonchev–Trinajstić information content (AvgIpc) is 2.78. The first-order chi connectivity index (χ1) is 8.20. The molecule has 1 aliphatic heterocycles. The fourth-order valence-corrected chi connectivity index (χ4v) is 1.81. The number of nitrogens with two attached hydrogens (primary N) is 1. The van der Waals surface area contributed by atoms with E-state index in [1.54, 1.807) is 6.07 Å². The number of anilines is 1. The second kappa shape index (κ2) is 5.16. The smallest absolute Gasteiger partial charge is 0.227 e. The van der Waals surface area contributed by atoms with Gasteiger partial charge in [0.15, 0.2) is 0 Å². The fourth-order valence-electron chi connectivity index (χ4n) is 1.81. The number of aliphatic hydroxyl groups is 1. The Morgan fingerprint density at radius 1 is 1.59 bits per heavy atom. The van der Waals surface area contributed by atoms with Crippen LogP contribution >= 0.6 is 0 Å². The number of hydrogen-bond acceptors (Lipinski definition) is 4. The van der Waals surface area contributed by atoms with E-state index in [2.05, 4.69) is 5.32 Å². The van der Waals surface area contributed by atoms with Crippen molar-refractivity contribution < 1.29 is 14.6 Å². The van der Waals surface area contributed by atoms with Crippen LogP contribution in [0.15, 0.2) is 18.2 Å². The van der Waals surface area contributed by atoms with E-state index in [0.717, 1.165) is 17.7 Å². The van der Waals surface area contributed by atoms with Crippen LogP contribution in [0.1, 0.15) is 12.0 Å². The summed E-state index contributed by atoms with van der Waals surface area (Å²) in [6.07, 6.45) is 0.0673. The van der Waals surface area contributed by atoms with E-state index in [0.29, 0.717) is 12.3 Å². The van der Waals surface area contributed by atoms with Crippen LogP contribution in [-0.4, -0.2) is 30.3 Å². The Bertz CT molecular complexity index is 420. The van der Waals surface area contributed by atoms with Crippen molar-refractivity contribution >= 4 is 11.6 Å². The van der Waals surface area contributed by atoms with Gasteiger partial charge in [-0.25, -0.2) is 0 Å². The summed E-state index contributed by atoms with van der Waals surface area (Å²) in [5.74, 6) is 0.481. The molecule has 5 nitrogen and oxygen atoms in total. The van der Waals surface area contributed by atoms with Gasteiger partial charge in [-0.2, -0.15) is 0 Å². The first kappa shape index (κ1) is 11.9. The van der Waals surface area contributed by atoms with Gasteiger partial charge < -0.3 is 20.9 Å². The van der Waals surface area contributed by atoms with Crippen LogP contribution in [0.25, 0.3) is 0 Å². The van der Waals surface area contributed by atoms with Crippen molar-refractivity contribution in [3.8, 4) is 5.75 Å². The van der Waals surface area contributed by atoms with Gasteiger partial charge in [-0.1, -0.05) is 12.1 Å². The van der Waals surface area contributed by atoms with Gasteiger partial charge in [-0.3, -0.25) is 4.79 Å². The molecular formula is C12H16N2O3. The highest BCUT2D eigenvalue weighted by molar-refractivity contribution is 5.93. The lowest BCUT2D eigenvalue weighted by Gasteiger charge is -2.11.